The summed E-state index contributed by atoms with van der Waals surface area (Å²) < 4.78 is 5.15. The number of nitrogens with zero attached hydrogens (tertiary/aromatic N) is 1. The van der Waals surface area contributed by atoms with E-state index in [0.717, 1.165) is 0 Å². The first-order chi connectivity index (χ1) is 7.65. The van der Waals surface area contributed by atoms with E-state index in [9.17, 15) is 4.79 Å². The smallest absolute Gasteiger partial charge is 0.250 e. The minimum Gasteiger partial charge on any atom is -0.397 e. The summed E-state index contributed by atoms with van der Waals surface area (Å²) in [5.41, 5.74) is 11.3. The van der Waals surface area contributed by atoms with E-state index in [1.165, 1.54) is 12.3 Å². The van der Waals surface area contributed by atoms with Crippen molar-refractivity contribution in [2.24, 2.45) is 5.73 Å². The van der Waals surface area contributed by atoms with Gasteiger partial charge in [-0.15, -0.1) is 0 Å². The van der Waals surface area contributed by atoms with Gasteiger partial charge in [0, 0.05) is 13.2 Å². The number of amides is 1. The molecule has 0 aliphatic heterocycles. The molecule has 1 heterocycles. The zero-order valence-corrected chi connectivity index (χ0v) is 9.19. The van der Waals surface area contributed by atoms with Gasteiger partial charge in [-0.2, -0.15) is 0 Å². The van der Waals surface area contributed by atoms with E-state index in [1.807, 2.05) is 6.92 Å². The molecule has 0 aliphatic rings. The summed E-state index contributed by atoms with van der Waals surface area (Å²) in [5.74, 6) is -0.00420. The molecule has 1 aromatic rings. The largest absolute Gasteiger partial charge is 0.397 e. The Morgan fingerprint density at radius 1 is 1.62 bits per heavy atom. The summed E-state index contributed by atoms with van der Waals surface area (Å²) in [5, 5.41) is 3.00. The van der Waals surface area contributed by atoms with Gasteiger partial charge in [-0.1, -0.05) is 0 Å². The van der Waals surface area contributed by atoms with Crippen molar-refractivity contribution in [3.8, 4) is 0 Å². The molecule has 0 radical (unpaired) electrons. The second-order valence-electron chi connectivity index (χ2n) is 3.14. The van der Waals surface area contributed by atoms with Crippen LogP contribution in [0.3, 0.4) is 0 Å². The Morgan fingerprint density at radius 3 is 3.00 bits per heavy atom. The third-order valence-electron chi connectivity index (χ3n) is 1.96. The van der Waals surface area contributed by atoms with Crippen LogP contribution >= 0.6 is 0 Å². The Kier molecular flexibility index (Phi) is 4.53. The van der Waals surface area contributed by atoms with Crippen LogP contribution in [0.4, 0.5) is 11.5 Å². The molecule has 16 heavy (non-hydrogen) atoms. The molecule has 0 aromatic carbocycles. The predicted molar refractivity (Wildman–Crippen MR) is 62.2 cm³/mol. The fourth-order valence-electron chi connectivity index (χ4n) is 1.17. The van der Waals surface area contributed by atoms with E-state index in [2.05, 4.69) is 10.3 Å². The highest BCUT2D eigenvalue weighted by molar-refractivity contribution is 5.98. The van der Waals surface area contributed by atoms with Crippen LogP contribution in [0.1, 0.15) is 17.3 Å². The van der Waals surface area contributed by atoms with Crippen LogP contribution in [0.15, 0.2) is 12.3 Å². The average Bonchev–Trinajstić information content (AvgIpc) is 2.26. The number of hydrogen-bond donors (Lipinski definition) is 3. The summed E-state index contributed by atoms with van der Waals surface area (Å²) >= 11 is 0. The second kappa shape index (κ2) is 5.92. The van der Waals surface area contributed by atoms with Crippen LogP contribution in [0, 0.1) is 0 Å². The number of anilines is 2. The van der Waals surface area contributed by atoms with E-state index in [-0.39, 0.29) is 11.3 Å². The van der Waals surface area contributed by atoms with Crippen LogP contribution in [0.2, 0.25) is 0 Å². The predicted octanol–water partition coefficient (Wildman–Crippen LogP) is 0.211. The molecule has 0 saturated carbocycles. The zero-order chi connectivity index (χ0) is 12.0. The van der Waals surface area contributed by atoms with Crippen LogP contribution in [0.5, 0.6) is 0 Å². The first kappa shape index (κ1) is 12.3. The van der Waals surface area contributed by atoms with E-state index in [4.69, 9.17) is 16.2 Å². The van der Waals surface area contributed by atoms with Crippen LogP contribution in [-0.2, 0) is 4.74 Å². The summed E-state index contributed by atoms with van der Waals surface area (Å²) in [6.45, 7) is 3.79. The molecule has 5 N–H and O–H groups in total. The minimum absolute atomic E-state index is 0.272. The summed E-state index contributed by atoms with van der Waals surface area (Å²) in [4.78, 5) is 15.0. The summed E-state index contributed by atoms with van der Waals surface area (Å²) in [6, 6.07) is 1.53. The van der Waals surface area contributed by atoms with E-state index >= 15 is 0 Å². The quantitative estimate of drug-likeness (QED) is 0.599. The van der Waals surface area contributed by atoms with Gasteiger partial charge in [0.05, 0.1) is 24.1 Å². The molecular weight excluding hydrogens is 208 g/mol. The number of nitrogen functional groups attached to an aromatic ring is 1. The number of hydrogen-bond acceptors (Lipinski definition) is 5. The first-order valence-corrected chi connectivity index (χ1v) is 5.02. The van der Waals surface area contributed by atoms with Crippen molar-refractivity contribution < 1.29 is 9.53 Å². The van der Waals surface area contributed by atoms with Crippen molar-refractivity contribution >= 4 is 17.4 Å². The van der Waals surface area contributed by atoms with E-state index in [0.29, 0.717) is 25.6 Å². The van der Waals surface area contributed by atoms with Gasteiger partial charge in [0.1, 0.15) is 5.82 Å². The zero-order valence-electron chi connectivity index (χ0n) is 9.19. The monoisotopic (exact) mass is 224 g/mol. The standard InChI is InChI=1S/C10H16N4O2/c1-2-16-4-3-13-9-5-7(10(12)15)8(11)6-14-9/h5-6H,2-4,11H2,1H3,(H2,12,15)(H,13,14). The third kappa shape index (κ3) is 3.39. The highest BCUT2D eigenvalue weighted by Crippen LogP contribution is 2.13. The molecule has 0 spiro atoms. The first-order valence-electron chi connectivity index (χ1n) is 5.02. The van der Waals surface area contributed by atoms with Crippen molar-refractivity contribution in [2.75, 3.05) is 30.8 Å². The lowest BCUT2D eigenvalue weighted by molar-refractivity contribution is 0.100. The van der Waals surface area contributed by atoms with Gasteiger partial charge < -0.3 is 21.5 Å². The molecule has 0 atom stereocenters. The lowest BCUT2D eigenvalue weighted by Gasteiger charge is -2.07. The van der Waals surface area contributed by atoms with Crippen molar-refractivity contribution in [2.45, 2.75) is 6.92 Å². The number of carbonyl (C=O) groups excluding carboxylic acids is 1. The van der Waals surface area contributed by atoms with Gasteiger partial charge in [-0.3, -0.25) is 4.79 Å². The molecule has 88 valence electrons. The minimum atomic E-state index is -0.562. The molecule has 6 nitrogen and oxygen atoms in total. The molecule has 0 aliphatic carbocycles. The number of aromatic nitrogens is 1. The SMILES string of the molecule is CCOCCNc1cc(C(N)=O)c(N)cn1. The van der Waals surface area contributed by atoms with Crippen LogP contribution < -0.4 is 16.8 Å². The molecule has 0 fully saturated rings. The summed E-state index contributed by atoms with van der Waals surface area (Å²) in [7, 11) is 0. The molecule has 0 unspecified atom stereocenters. The van der Waals surface area contributed by atoms with Gasteiger partial charge in [-0.25, -0.2) is 4.98 Å². The molecular formula is C10H16N4O2. The van der Waals surface area contributed by atoms with Crippen LogP contribution in [0.25, 0.3) is 0 Å². The van der Waals surface area contributed by atoms with Crippen molar-refractivity contribution in [3.63, 3.8) is 0 Å². The van der Waals surface area contributed by atoms with Gasteiger partial charge in [0.25, 0.3) is 5.91 Å². The molecule has 0 bridgehead atoms. The number of ether oxygens (including phenoxy) is 1. The third-order valence-corrected chi connectivity index (χ3v) is 1.96. The molecule has 1 aromatic heterocycles. The van der Waals surface area contributed by atoms with Crippen molar-refractivity contribution in [1.29, 1.82) is 0 Å². The number of nitrogens with one attached hydrogen (secondary N) is 1. The number of rotatable bonds is 6. The van der Waals surface area contributed by atoms with Crippen LogP contribution in [-0.4, -0.2) is 30.6 Å². The fourth-order valence-corrected chi connectivity index (χ4v) is 1.17. The fraction of sp³-hybridized carbons (Fsp3) is 0.400. The van der Waals surface area contributed by atoms with Crippen molar-refractivity contribution in [3.05, 3.63) is 17.8 Å². The molecule has 1 rings (SSSR count). The number of nitrogens with two attached hydrogens (primary N) is 2. The second-order valence-corrected chi connectivity index (χ2v) is 3.14. The lowest BCUT2D eigenvalue weighted by atomic mass is 10.2. The molecule has 0 saturated heterocycles. The Balaban J connectivity index is 2.61. The summed E-state index contributed by atoms with van der Waals surface area (Å²) in [6.07, 6.45) is 1.41. The maximum Gasteiger partial charge on any atom is 0.250 e. The number of carbonyl (C=O) groups is 1. The Morgan fingerprint density at radius 2 is 2.38 bits per heavy atom. The Labute approximate surface area is 94.0 Å². The Hall–Kier alpha value is -1.82. The topological polar surface area (TPSA) is 103 Å². The molecule has 6 heteroatoms. The highest BCUT2D eigenvalue weighted by Gasteiger charge is 2.07. The lowest BCUT2D eigenvalue weighted by Crippen LogP contribution is -2.16. The maximum atomic E-state index is 11.0. The van der Waals surface area contributed by atoms with Crippen molar-refractivity contribution in [1.82, 2.24) is 4.98 Å². The number of primary amides is 1. The Bertz CT molecular complexity index is 368. The van der Waals surface area contributed by atoms with E-state index < -0.39 is 5.91 Å². The van der Waals surface area contributed by atoms with Gasteiger partial charge in [0.2, 0.25) is 0 Å². The average molecular weight is 224 g/mol. The maximum absolute atomic E-state index is 11.0. The normalized spacial score (nSPS) is 10.1. The molecule has 1 amide bonds. The number of pyridine rings is 1. The van der Waals surface area contributed by atoms with Gasteiger partial charge >= 0.3 is 0 Å². The highest BCUT2D eigenvalue weighted by atomic mass is 16.5. The van der Waals surface area contributed by atoms with Gasteiger partial charge in [0.15, 0.2) is 0 Å². The van der Waals surface area contributed by atoms with E-state index in [1.54, 1.807) is 0 Å². The van der Waals surface area contributed by atoms with Gasteiger partial charge in [-0.05, 0) is 13.0 Å².